The number of carbonyl (C=O) groups is 1. The summed E-state index contributed by atoms with van der Waals surface area (Å²) in [5.74, 6) is -0.198. The summed E-state index contributed by atoms with van der Waals surface area (Å²) in [5.41, 5.74) is 3.32. The number of nitrogens with zero attached hydrogens (tertiary/aromatic N) is 2. The second kappa shape index (κ2) is 5.45. The Balaban J connectivity index is 2.07. The fraction of sp³-hybridized carbons (Fsp3) is 0.286. The van der Waals surface area contributed by atoms with Crippen molar-refractivity contribution in [3.63, 3.8) is 0 Å². The Hall–Kier alpha value is -1.81. The van der Waals surface area contributed by atoms with Gasteiger partial charge in [0.1, 0.15) is 5.15 Å². The Kier molecular flexibility index (Phi) is 3.90. The smallest absolute Gasteiger partial charge is 0.256 e. The molecular formula is C14H16ClN3O. The molecule has 0 fully saturated rings. The quantitative estimate of drug-likeness (QED) is 0.937. The van der Waals surface area contributed by atoms with Crippen molar-refractivity contribution in [1.82, 2.24) is 15.1 Å². The molecule has 0 saturated carbocycles. The van der Waals surface area contributed by atoms with Gasteiger partial charge in [0, 0.05) is 13.6 Å². The molecular weight excluding hydrogens is 262 g/mol. The van der Waals surface area contributed by atoms with Crippen LogP contribution in [0.5, 0.6) is 0 Å². The fourth-order valence-corrected chi connectivity index (χ4v) is 2.12. The predicted molar refractivity (Wildman–Crippen MR) is 75.3 cm³/mol. The SMILES string of the molecule is Cc1ccc(CNC(=O)c2c(C)nn(C)c2Cl)cc1. The molecule has 1 aromatic carbocycles. The first-order valence-corrected chi connectivity index (χ1v) is 6.39. The van der Waals surface area contributed by atoms with Gasteiger partial charge >= 0.3 is 0 Å². The lowest BCUT2D eigenvalue weighted by molar-refractivity contribution is 0.0950. The van der Waals surface area contributed by atoms with E-state index in [1.54, 1.807) is 14.0 Å². The molecule has 1 amide bonds. The minimum atomic E-state index is -0.198. The van der Waals surface area contributed by atoms with E-state index in [-0.39, 0.29) is 5.91 Å². The Morgan fingerprint density at radius 1 is 1.32 bits per heavy atom. The molecule has 0 aliphatic heterocycles. The summed E-state index contributed by atoms with van der Waals surface area (Å²) in [4.78, 5) is 12.1. The molecule has 1 aromatic heterocycles. The van der Waals surface area contributed by atoms with Gasteiger partial charge in [-0.05, 0) is 19.4 Å². The number of hydrogen-bond donors (Lipinski definition) is 1. The summed E-state index contributed by atoms with van der Waals surface area (Å²) >= 11 is 6.05. The molecule has 4 nitrogen and oxygen atoms in total. The number of nitrogens with one attached hydrogen (secondary N) is 1. The van der Waals surface area contributed by atoms with Crippen LogP contribution >= 0.6 is 11.6 Å². The maximum Gasteiger partial charge on any atom is 0.256 e. The topological polar surface area (TPSA) is 46.9 Å². The average molecular weight is 278 g/mol. The zero-order chi connectivity index (χ0) is 14.0. The molecule has 0 spiro atoms. The van der Waals surface area contributed by atoms with Crippen molar-refractivity contribution in [2.24, 2.45) is 7.05 Å². The average Bonchev–Trinajstić information content (AvgIpc) is 2.62. The third kappa shape index (κ3) is 2.96. The van der Waals surface area contributed by atoms with Gasteiger partial charge in [-0.25, -0.2) is 0 Å². The number of hydrogen-bond acceptors (Lipinski definition) is 2. The minimum absolute atomic E-state index is 0.198. The standard InChI is InChI=1S/C14H16ClN3O/c1-9-4-6-11(7-5-9)8-16-14(19)12-10(2)17-18(3)13(12)15/h4-7H,8H2,1-3H3,(H,16,19). The van der Waals surface area contributed by atoms with Gasteiger partial charge in [0.15, 0.2) is 0 Å². The summed E-state index contributed by atoms with van der Waals surface area (Å²) in [5, 5.41) is 7.34. The van der Waals surface area contributed by atoms with Crippen LogP contribution in [-0.4, -0.2) is 15.7 Å². The van der Waals surface area contributed by atoms with Crippen molar-refractivity contribution in [3.05, 3.63) is 51.8 Å². The molecule has 2 aromatic rings. The Morgan fingerprint density at radius 2 is 1.95 bits per heavy atom. The molecule has 5 heteroatoms. The molecule has 0 aliphatic rings. The van der Waals surface area contributed by atoms with Gasteiger partial charge in [0.2, 0.25) is 0 Å². The molecule has 0 saturated heterocycles. The van der Waals surface area contributed by atoms with Crippen LogP contribution in [0, 0.1) is 13.8 Å². The highest BCUT2D eigenvalue weighted by molar-refractivity contribution is 6.33. The van der Waals surface area contributed by atoms with Gasteiger partial charge < -0.3 is 5.32 Å². The molecule has 1 N–H and O–H groups in total. The number of carbonyl (C=O) groups excluding carboxylic acids is 1. The second-order valence-corrected chi connectivity index (χ2v) is 4.90. The lowest BCUT2D eigenvalue weighted by atomic mass is 10.1. The summed E-state index contributed by atoms with van der Waals surface area (Å²) in [6, 6.07) is 8.02. The van der Waals surface area contributed by atoms with Crippen molar-refractivity contribution < 1.29 is 4.79 Å². The van der Waals surface area contributed by atoms with Gasteiger partial charge in [-0.1, -0.05) is 41.4 Å². The molecule has 1 heterocycles. The zero-order valence-electron chi connectivity index (χ0n) is 11.2. The Labute approximate surface area is 117 Å². The normalized spacial score (nSPS) is 10.5. The largest absolute Gasteiger partial charge is 0.348 e. The predicted octanol–water partition coefficient (Wildman–Crippen LogP) is 2.62. The van der Waals surface area contributed by atoms with Gasteiger partial charge in [-0.15, -0.1) is 0 Å². The van der Waals surface area contributed by atoms with Crippen molar-refractivity contribution >= 4 is 17.5 Å². The summed E-state index contributed by atoms with van der Waals surface area (Å²) in [6.07, 6.45) is 0. The Bertz CT molecular complexity index is 602. The molecule has 2 rings (SSSR count). The van der Waals surface area contributed by atoms with Crippen LogP contribution in [0.1, 0.15) is 27.2 Å². The Morgan fingerprint density at radius 3 is 2.47 bits per heavy atom. The van der Waals surface area contributed by atoms with E-state index in [0.29, 0.717) is 23.0 Å². The summed E-state index contributed by atoms with van der Waals surface area (Å²) in [6.45, 7) is 4.28. The van der Waals surface area contributed by atoms with Gasteiger partial charge in [-0.2, -0.15) is 5.10 Å². The number of aromatic nitrogens is 2. The second-order valence-electron chi connectivity index (χ2n) is 4.54. The lowest BCUT2D eigenvalue weighted by Gasteiger charge is -2.05. The molecule has 0 bridgehead atoms. The molecule has 0 unspecified atom stereocenters. The molecule has 19 heavy (non-hydrogen) atoms. The third-order valence-electron chi connectivity index (χ3n) is 2.95. The van der Waals surface area contributed by atoms with Gasteiger partial charge in [-0.3, -0.25) is 9.48 Å². The van der Waals surface area contributed by atoms with Crippen molar-refractivity contribution in [3.8, 4) is 0 Å². The van der Waals surface area contributed by atoms with Gasteiger partial charge in [0.25, 0.3) is 5.91 Å². The van der Waals surface area contributed by atoms with Crippen LogP contribution in [0.4, 0.5) is 0 Å². The highest BCUT2D eigenvalue weighted by atomic mass is 35.5. The monoisotopic (exact) mass is 277 g/mol. The van der Waals surface area contributed by atoms with Crippen LogP contribution in [0.25, 0.3) is 0 Å². The highest BCUT2D eigenvalue weighted by Crippen LogP contribution is 2.18. The van der Waals surface area contributed by atoms with E-state index in [1.165, 1.54) is 10.2 Å². The van der Waals surface area contributed by atoms with Crippen LogP contribution in [-0.2, 0) is 13.6 Å². The fourth-order valence-electron chi connectivity index (χ4n) is 1.86. The highest BCUT2D eigenvalue weighted by Gasteiger charge is 2.18. The van der Waals surface area contributed by atoms with Crippen molar-refractivity contribution in [2.45, 2.75) is 20.4 Å². The van der Waals surface area contributed by atoms with E-state index in [9.17, 15) is 4.79 Å². The zero-order valence-corrected chi connectivity index (χ0v) is 12.0. The van der Waals surface area contributed by atoms with E-state index in [0.717, 1.165) is 5.56 Å². The minimum Gasteiger partial charge on any atom is -0.348 e. The maximum absolute atomic E-state index is 12.1. The van der Waals surface area contributed by atoms with Gasteiger partial charge in [0.05, 0.1) is 11.3 Å². The number of rotatable bonds is 3. The number of halogens is 1. The van der Waals surface area contributed by atoms with Crippen LogP contribution in [0.15, 0.2) is 24.3 Å². The number of aryl methyl sites for hydroxylation is 3. The lowest BCUT2D eigenvalue weighted by Crippen LogP contribution is -2.23. The van der Waals surface area contributed by atoms with Crippen molar-refractivity contribution in [1.29, 1.82) is 0 Å². The number of benzene rings is 1. The molecule has 0 atom stereocenters. The van der Waals surface area contributed by atoms with E-state index in [1.807, 2.05) is 31.2 Å². The molecule has 100 valence electrons. The van der Waals surface area contributed by atoms with Crippen LogP contribution in [0.2, 0.25) is 5.15 Å². The van der Waals surface area contributed by atoms with Crippen LogP contribution in [0.3, 0.4) is 0 Å². The van der Waals surface area contributed by atoms with Crippen molar-refractivity contribution in [2.75, 3.05) is 0 Å². The first kappa shape index (κ1) is 13.6. The summed E-state index contributed by atoms with van der Waals surface area (Å²) in [7, 11) is 1.71. The maximum atomic E-state index is 12.1. The van der Waals surface area contributed by atoms with E-state index < -0.39 is 0 Å². The van der Waals surface area contributed by atoms with E-state index in [4.69, 9.17) is 11.6 Å². The first-order chi connectivity index (χ1) is 8.99. The molecule has 0 radical (unpaired) electrons. The molecule has 0 aliphatic carbocycles. The summed E-state index contributed by atoms with van der Waals surface area (Å²) < 4.78 is 1.50. The third-order valence-corrected chi connectivity index (χ3v) is 3.39. The van der Waals surface area contributed by atoms with E-state index >= 15 is 0 Å². The van der Waals surface area contributed by atoms with Crippen LogP contribution < -0.4 is 5.32 Å². The first-order valence-electron chi connectivity index (χ1n) is 6.02. The number of amides is 1. The van der Waals surface area contributed by atoms with E-state index in [2.05, 4.69) is 10.4 Å².